The van der Waals surface area contributed by atoms with Crippen LogP contribution in [0.5, 0.6) is 0 Å². The first-order valence-electron chi connectivity index (χ1n) is 9.23. The molecule has 24 heavy (non-hydrogen) atoms. The van der Waals surface area contributed by atoms with E-state index in [1.165, 1.54) is 5.56 Å². The Morgan fingerprint density at radius 1 is 1.21 bits per heavy atom. The van der Waals surface area contributed by atoms with E-state index in [0.29, 0.717) is 37.4 Å². The molecule has 0 spiro atoms. The van der Waals surface area contributed by atoms with Crippen LogP contribution in [0.15, 0.2) is 24.5 Å². The number of carbonyl (C=O) groups is 1. The molecule has 0 aromatic carbocycles. The van der Waals surface area contributed by atoms with Crippen LogP contribution in [-0.4, -0.2) is 60.1 Å². The summed E-state index contributed by atoms with van der Waals surface area (Å²) in [5.74, 6) is 1.47. The molecule has 2 atom stereocenters. The smallest absolute Gasteiger partial charge is 0.223 e. The maximum Gasteiger partial charge on any atom is 0.223 e. The number of rotatable bonds is 5. The van der Waals surface area contributed by atoms with Crippen LogP contribution in [0.25, 0.3) is 0 Å². The van der Waals surface area contributed by atoms with Crippen molar-refractivity contribution < 1.29 is 9.53 Å². The third kappa shape index (κ3) is 4.54. The topological polar surface area (TPSA) is 45.7 Å². The molecule has 0 unspecified atom stereocenters. The van der Waals surface area contributed by atoms with Crippen LogP contribution in [0.3, 0.4) is 0 Å². The van der Waals surface area contributed by atoms with Gasteiger partial charge >= 0.3 is 0 Å². The molecule has 2 aliphatic heterocycles. The molecular formula is C19H29N3O2. The molecule has 132 valence electrons. The van der Waals surface area contributed by atoms with Gasteiger partial charge in [-0.1, -0.05) is 13.3 Å². The highest BCUT2D eigenvalue weighted by Gasteiger charge is 2.31. The number of ether oxygens (including phenoxy) is 1. The molecule has 0 saturated carbocycles. The summed E-state index contributed by atoms with van der Waals surface area (Å²) < 4.78 is 5.35. The van der Waals surface area contributed by atoms with Crippen LogP contribution < -0.4 is 0 Å². The van der Waals surface area contributed by atoms with Crippen LogP contribution in [0.2, 0.25) is 0 Å². The van der Waals surface area contributed by atoms with Crippen molar-refractivity contribution in [3.8, 4) is 0 Å². The van der Waals surface area contributed by atoms with Gasteiger partial charge in [-0.05, 0) is 42.5 Å². The van der Waals surface area contributed by atoms with Crippen LogP contribution in [0.4, 0.5) is 0 Å². The van der Waals surface area contributed by atoms with Gasteiger partial charge in [0.1, 0.15) is 0 Å². The Bertz CT molecular complexity index is 517. The van der Waals surface area contributed by atoms with Crippen LogP contribution in [-0.2, 0) is 16.1 Å². The number of aromatic nitrogens is 1. The molecule has 0 bridgehead atoms. The zero-order valence-corrected chi connectivity index (χ0v) is 14.7. The maximum absolute atomic E-state index is 12.6. The van der Waals surface area contributed by atoms with Crippen LogP contribution in [0.1, 0.15) is 31.7 Å². The number of carbonyl (C=O) groups excluding carboxylic acids is 1. The van der Waals surface area contributed by atoms with Gasteiger partial charge in [-0.15, -0.1) is 0 Å². The number of hydrogen-bond acceptors (Lipinski definition) is 4. The van der Waals surface area contributed by atoms with Crippen molar-refractivity contribution in [3.63, 3.8) is 0 Å². The Morgan fingerprint density at radius 3 is 2.67 bits per heavy atom. The zero-order valence-electron chi connectivity index (χ0n) is 14.7. The lowest BCUT2D eigenvalue weighted by Gasteiger charge is -2.39. The predicted molar refractivity (Wildman–Crippen MR) is 93.4 cm³/mol. The number of likely N-dealkylation sites (tertiary alicyclic amines) is 1. The molecule has 5 nitrogen and oxygen atoms in total. The van der Waals surface area contributed by atoms with Gasteiger partial charge in [-0.25, -0.2) is 0 Å². The Morgan fingerprint density at radius 2 is 1.96 bits per heavy atom. The number of nitrogens with zero attached hydrogens (tertiary/aromatic N) is 3. The van der Waals surface area contributed by atoms with Gasteiger partial charge in [-0.2, -0.15) is 0 Å². The Balaban J connectivity index is 1.52. The van der Waals surface area contributed by atoms with E-state index in [4.69, 9.17) is 4.74 Å². The van der Waals surface area contributed by atoms with Gasteiger partial charge in [-0.3, -0.25) is 14.7 Å². The summed E-state index contributed by atoms with van der Waals surface area (Å²) in [6, 6.07) is 4.18. The SMILES string of the molecule is CC[C@H]1CN(Cc2ccncc2)CC[C@H]1CC(=O)N1CCOCC1. The first-order chi connectivity index (χ1) is 11.8. The van der Waals surface area contributed by atoms with Crippen molar-refractivity contribution in [2.75, 3.05) is 39.4 Å². The largest absolute Gasteiger partial charge is 0.378 e. The predicted octanol–water partition coefficient (Wildman–Crippen LogP) is 2.18. The van der Waals surface area contributed by atoms with E-state index in [9.17, 15) is 4.79 Å². The highest BCUT2D eigenvalue weighted by atomic mass is 16.5. The second kappa shape index (κ2) is 8.58. The molecule has 0 N–H and O–H groups in total. The standard InChI is InChI=1S/C19H29N3O2/c1-2-17-15-21(14-16-3-6-20-7-4-16)8-5-18(17)13-19(23)22-9-11-24-12-10-22/h3-4,6-7,17-18H,2,5,8-15H2,1H3/t17-,18-/m0/s1. The maximum atomic E-state index is 12.6. The van der Waals surface area contributed by atoms with Gasteiger partial charge in [0.25, 0.3) is 0 Å². The van der Waals surface area contributed by atoms with Crippen molar-refractivity contribution in [1.29, 1.82) is 0 Å². The van der Waals surface area contributed by atoms with Gasteiger partial charge in [0.15, 0.2) is 0 Å². The second-order valence-corrected chi connectivity index (χ2v) is 7.00. The lowest BCUT2D eigenvalue weighted by atomic mass is 9.81. The minimum Gasteiger partial charge on any atom is -0.378 e. The number of morpholine rings is 1. The Hall–Kier alpha value is -1.46. The molecule has 2 saturated heterocycles. The molecular weight excluding hydrogens is 302 g/mol. The van der Waals surface area contributed by atoms with Crippen molar-refractivity contribution in [1.82, 2.24) is 14.8 Å². The fourth-order valence-corrected chi connectivity index (χ4v) is 3.94. The number of piperidine rings is 1. The first kappa shape index (κ1) is 17.4. The summed E-state index contributed by atoms with van der Waals surface area (Å²) in [7, 11) is 0. The van der Waals surface area contributed by atoms with E-state index in [0.717, 1.165) is 45.6 Å². The first-order valence-corrected chi connectivity index (χ1v) is 9.23. The fourth-order valence-electron chi connectivity index (χ4n) is 3.94. The summed E-state index contributed by atoms with van der Waals surface area (Å²) >= 11 is 0. The third-order valence-corrected chi connectivity index (χ3v) is 5.46. The van der Waals surface area contributed by atoms with E-state index in [1.807, 2.05) is 17.3 Å². The van der Waals surface area contributed by atoms with Gasteiger partial charge in [0, 0.05) is 45.0 Å². The summed E-state index contributed by atoms with van der Waals surface area (Å²) in [5.41, 5.74) is 1.32. The van der Waals surface area contributed by atoms with Gasteiger partial charge in [0.2, 0.25) is 5.91 Å². The molecule has 3 heterocycles. The molecule has 1 amide bonds. The second-order valence-electron chi connectivity index (χ2n) is 7.00. The van der Waals surface area contributed by atoms with Gasteiger partial charge < -0.3 is 9.64 Å². The molecule has 0 radical (unpaired) electrons. The Labute approximate surface area is 145 Å². The average molecular weight is 331 g/mol. The lowest BCUT2D eigenvalue weighted by molar-refractivity contribution is -0.137. The molecule has 5 heteroatoms. The highest BCUT2D eigenvalue weighted by molar-refractivity contribution is 5.76. The summed E-state index contributed by atoms with van der Waals surface area (Å²) in [4.78, 5) is 21.2. The van der Waals surface area contributed by atoms with E-state index in [-0.39, 0.29) is 0 Å². The molecule has 1 aromatic heterocycles. The lowest BCUT2D eigenvalue weighted by Crippen LogP contribution is -2.44. The summed E-state index contributed by atoms with van der Waals surface area (Å²) in [6.45, 7) is 8.32. The third-order valence-electron chi connectivity index (χ3n) is 5.46. The minimum absolute atomic E-state index is 0.323. The van der Waals surface area contributed by atoms with Gasteiger partial charge in [0.05, 0.1) is 13.2 Å². The Kier molecular flexibility index (Phi) is 6.21. The van der Waals surface area contributed by atoms with Crippen LogP contribution >= 0.6 is 0 Å². The average Bonchev–Trinajstić information content (AvgIpc) is 2.64. The van der Waals surface area contributed by atoms with E-state index >= 15 is 0 Å². The van der Waals surface area contributed by atoms with Crippen molar-refractivity contribution >= 4 is 5.91 Å². The molecule has 0 aliphatic carbocycles. The van der Waals surface area contributed by atoms with Crippen molar-refractivity contribution in [2.45, 2.75) is 32.7 Å². The summed E-state index contributed by atoms with van der Waals surface area (Å²) in [5, 5.41) is 0. The van der Waals surface area contributed by atoms with Crippen LogP contribution in [0, 0.1) is 11.8 Å². The molecule has 2 fully saturated rings. The summed E-state index contributed by atoms with van der Waals surface area (Å²) in [6.07, 6.45) is 6.70. The monoisotopic (exact) mass is 331 g/mol. The van der Waals surface area contributed by atoms with Crippen molar-refractivity contribution in [3.05, 3.63) is 30.1 Å². The zero-order chi connectivity index (χ0) is 16.8. The minimum atomic E-state index is 0.323. The molecule has 2 aliphatic rings. The highest BCUT2D eigenvalue weighted by Crippen LogP contribution is 2.30. The number of pyridine rings is 1. The van der Waals surface area contributed by atoms with Crippen molar-refractivity contribution in [2.24, 2.45) is 11.8 Å². The fraction of sp³-hybridized carbons (Fsp3) is 0.684. The number of hydrogen-bond donors (Lipinski definition) is 0. The molecule has 1 aromatic rings. The number of amides is 1. The quantitative estimate of drug-likeness (QED) is 0.830. The van der Waals surface area contributed by atoms with E-state index in [1.54, 1.807) is 0 Å². The normalized spacial score (nSPS) is 25.6. The molecule has 3 rings (SSSR count). The van der Waals surface area contributed by atoms with E-state index in [2.05, 4.69) is 28.9 Å². The van der Waals surface area contributed by atoms with E-state index < -0.39 is 0 Å².